The lowest BCUT2D eigenvalue weighted by Gasteiger charge is -2.40. The van der Waals surface area contributed by atoms with Gasteiger partial charge in [0.05, 0.1) is 56.1 Å². The Morgan fingerprint density at radius 2 is 0.960 bits per heavy atom. The summed E-state index contributed by atoms with van der Waals surface area (Å²) in [5, 5.41) is 34.0. The molecule has 0 bridgehead atoms. The molecule has 26 heteroatoms. The molecule has 13 N–H and O–H groups in total. The summed E-state index contributed by atoms with van der Waals surface area (Å²) in [7, 11) is 3.29. The van der Waals surface area contributed by atoms with Crippen LogP contribution in [0.3, 0.4) is 0 Å². The van der Waals surface area contributed by atoms with Gasteiger partial charge in [-0.3, -0.25) is 47.9 Å². The van der Waals surface area contributed by atoms with Crippen molar-refractivity contribution >= 4 is 59.1 Å². The third kappa shape index (κ3) is 24.5. The number of fused-ring (bicyclic) bond motifs is 1. The fraction of sp³-hybridized carbons (Fsp3) is 0.867. The zero-order valence-corrected chi connectivity index (χ0v) is 62.4. The quantitative estimate of drug-likeness (QED) is 0.0943. The maximum atomic E-state index is 15.5. The van der Waals surface area contributed by atoms with Crippen molar-refractivity contribution in [2.75, 3.05) is 47.0 Å². The van der Waals surface area contributed by atoms with Crippen LogP contribution >= 0.6 is 0 Å². The van der Waals surface area contributed by atoms with Crippen LogP contribution in [0.15, 0.2) is 0 Å². The highest BCUT2D eigenvalue weighted by atomic mass is 16.5. The second kappa shape index (κ2) is 41.8. The molecule has 101 heavy (non-hydrogen) atoms. The van der Waals surface area contributed by atoms with Crippen molar-refractivity contribution in [3.8, 4) is 0 Å². The number of hydrogen-bond donors (Lipinski definition) is 11. The van der Waals surface area contributed by atoms with Crippen LogP contribution in [0.25, 0.3) is 0 Å². The van der Waals surface area contributed by atoms with E-state index in [1.165, 1.54) is 16.7 Å². The van der Waals surface area contributed by atoms with Gasteiger partial charge in [0, 0.05) is 39.3 Å². The molecule has 0 aromatic heterocycles. The molecule has 2 unspecified atom stereocenters. The number of amides is 10. The van der Waals surface area contributed by atoms with Crippen LogP contribution in [-0.2, 0) is 62.2 Å². The maximum Gasteiger partial charge on any atom is 0.245 e. The van der Waals surface area contributed by atoms with Crippen molar-refractivity contribution in [3.63, 3.8) is 0 Å². The number of hydrogen-bond acceptors (Lipinski definition) is 16. The van der Waals surface area contributed by atoms with Gasteiger partial charge in [0.1, 0.15) is 48.3 Å². The minimum atomic E-state index is -1.41. The predicted octanol–water partition coefficient (Wildman–Crippen LogP) is 4.57. The molecule has 2 aliphatic heterocycles. The van der Waals surface area contributed by atoms with E-state index in [4.69, 9.17) is 25.7 Å². The van der Waals surface area contributed by atoms with E-state index < -0.39 is 138 Å². The van der Waals surface area contributed by atoms with Gasteiger partial charge in [-0.05, 0) is 127 Å². The van der Waals surface area contributed by atoms with Crippen LogP contribution in [0, 0.1) is 41.4 Å². The molecule has 5 aliphatic carbocycles. The number of aliphatic hydroxyl groups is 1. The molecule has 7 rings (SSSR count). The summed E-state index contributed by atoms with van der Waals surface area (Å²) in [6, 6.07) is -10.7. The fourth-order valence-corrected chi connectivity index (χ4v) is 16.8. The highest BCUT2D eigenvalue weighted by Crippen LogP contribution is 2.38. The maximum absolute atomic E-state index is 15.5. The molecule has 0 aromatic rings. The van der Waals surface area contributed by atoms with Crippen molar-refractivity contribution in [2.24, 2.45) is 52.9 Å². The van der Waals surface area contributed by atoms with Crippen LogP contribution in [0.1, 0.15) is 241 Å². The summed E-state index contributed by atoms with van der Waals surface area (Å²) in [5.74, 6) is -7.32. The Hall–Kier alpha value is -5.54. The molecule has 10 amide bonds. The lowest BCUT2D eigenvalue weighted by molar-refractivity contribution is -0.149. The lowest BCUT2D eigenvalue weighted by atomic mass is 9.75. The van der Waals surface area contributed by atoms with E-state index in [9.17, 15) is 43.5 Å². The normalized spacial score (nSPS) is 34.0. The fourth-order valence-electron chi connectivity index (χ4n) is 16.8. The summed E-state index contributed by atoms with van der Waals surface area (Å²) >= 11 is 0. The van der Waals surface area contributed by atoms with Gasteiger partial charge < -0.3 is 83.1 Å². The SMILES string of the molecule is CCC[C@H]1C(=O)N[C@@H](C2CCCCCC2)C(=O)N[C@@H](CN)C(=O)N[C@@H](CO[C@H]2CCC2CC(C)C[C@H]2C(=O)N[C@@H](C3CCCCC3)C(=O)N[C@@H](CN)C(=O)N[C@@H]([C@H](C)O)C(=O)N[C@H](C)CO[C@@H]3CCCCCCCC[C@H]3C(=O)N2C)C(=O)N[C@H](C)CO[C@H](CC2CCCCC2)[C@@H](C)C(=O)N1C. The Morgan fingerprint density at radius 1 is 0.495 bits per heavy atom. The predicted molar refractivity (Wildman–Crippen MR) is 383 cm³/mol. The van der Waals surface area contributed by atoms with Gasteiger partial charge in [0.15, 0.2) is 0 Å². The molecular weight excluding hydrogens is 1290 g/mol. The Bertz CT molecular complexity index is 2670. The smallest absolute Gasteiger partial charge is 0.245 e. The van der Waals surface area contributed by atoms with Crippen molar-refractivity contribution < 1.29 is 67.3 Å². The lowest BCUT2D eigenvalue weighted by Crippen LogP contribution is -2.62. The van der Waals surface area contributed by atoms with Crippen LogP contribution < -0.4 is 54.0 Å². The Morgan fingerprint density at radius 3 is 1.50 bits per heavy atom. The van der Waals surface area contributed by atoms with Crippen molar-refractivity contribution in [1.29, 1.82) is 0 Å². The largest absolute Gasteiger partial charge is 0.391 e. The first-order valence-electron chi connectivity index (χ1n) is 39.3. The van der Waals surface area contributed by atoms with Gasteiger partial charge in [-0.15, -0.1) is 0 Å². The Kier molecular flexibility index (Phi) is 34.3. The first-order valence-corrected chi connectivity index (χ1v) is 39.3. The molecule has 2 saturated heterocycles. The zero-order chi connectivity index (χ0) is 73.3. The number of nitrogens with zero attached hydrogens (tertiary/aromatic N) is 2. The topological polar surface area (TPSA) is 373 Å². The highest BCUT2D eigenvalue weighted by molar-refractivity contribution is 5.98. The van der Waals surface area contributed by atoms with E-state index in [0.717, 1.165) is 122 Å². The second-order valence-electron chi connectivity index (χ2n) is 31.4. The Balaban J connectivity index is 1.15. The zero-order valence-electron chi connectivity index (χ0n) is 62.4. The molecule has 5 saturated carbocycles. The number of carbonyl (C=O) groups is 10. The molecule has 26 nitrogen and oxygen atoms in total. The number of rotatable bonds is 16. The molecule has 0 spiro atoms. The van der Waals surface area contributed by atoms with E-state index in [0.29, 0.717) is 76.5 Å². The molecule has 2 heterocycles. The van der Waals surface area contributed by atoms with E-state index in [1.54, 1.807) is 27.9 Å². The molecule has 574 valence electrons. The Labute approximate surface area is 601 Å². The standard InChI is InChI=1S/C75H130N12O14/c1-9-26-58-69(92)84-64(51-29-20-14-15-21-30-51)72(95)80-55(40-76)66(89)82-57(68(91)78-46(3)43-100-62(48(5)74(97)86(58)7)39-50-27-18-16-19-28-50)44-101-60-36-35-53(60)37-45(2)38-59-70(93)85-65(52-31-22-17-23-32-52)73(96)81-56(41-77)67(90)83-63(49(6)88)71(94)79-47(4)42-99-61-34-25-13-11-10-12-24-33-54(61)75(98)87(59)8/h45-65,88H,9-44,76-77H2,1-8H3,(H,78,91)(H,79,94)(H,80,95)(H,81,96)(H,82,89)(H,83,90)(H,84,92)(H,85,93)/t45?,46-,47-,48-,49+,53?,54-,55+,56+,57+,58+,59+,60+,61-,62-,63+,64+,65+/m1/s1. The first kappa shape index (κ1) is 82.7. The molecule has 0 aromatic carbocycles. The van der Waals surface area contributed by atoms with Crippen molar-refractivity contribution in [3.05, 3.63) is 0 Å². The first-order chi connectivity index (χ1) is 48.4. The highest BCUT2D eigenvalue weighted by Gasteiger charge is 2.44. The summed E-state index contributed by atoms with van der Waals surface area (Å²) < 4.78 is 20.0. The van der Waals surface area contributed by atoms with E-state index >= 15 is 9.59 Å². The summed E-state index contributed by atoms with van der Waals surface area (Å²) in [6.45, 7) is 9.84. The molecular formula is C75H130N12O14. The average Bonchev–Trinajstić information content (AvgIpc) is 1.15. The summed E-state index contributed by atoms with van der Waals surface area (Å²) in [5.41, 5.74) is 12.5. The van der Waals surface area contributed by atoms with Crippen LogP contribution in [0.4, 0.5) is 0 Å². The van der Waals surface area contributed by atoms with Gasteiger partial charge in [-0.25, -0.2) is 0 Å². The van der Waals surface area contributed by atoms with Crippen LogP contribution in [0.2, 0.25) is 0 Å². The monoisotopic (exact) mass is 1420 g/mol. The van der Waals surface area contributed by atoms with Crippen LogP contribution in [0.5, 0.6) is 0 Å². The van der Waals surface area contributed by atoms with E-state index in [-0.39, 0.29) is 80.9 Å². The molecule has 18 atom stereocenters. The number of ether oxygens (including phenoxy) is 3. The number of aliphatic hydroxyl groups excluding tert-OH is 1. The summed E-state index contributed by atoms with van der Waals surface area (Å²) in [4.78, 5) is 150. The van der Waals surface area contributed by atoms with Gasteiger partial charge in [0.25, 0.3) is 0 Å². The third-order valence-corrected chi connectivity index (χ3v) is 23.2. The third-order valence-electron chi connectivity index (χ3n) is 23.2. The number of likely N-dealkylation sites (N-methyl/N-ethyl adjacent to an activating group) is 2. The number of nitrogens with one attached hydrogen (secondary N) is 8. The van der Waals surface area contributed by atoms with Gasteiger partial charge in [-0.1, -0.05) is 143 Å². The molecule has 7 aliphatic rings. The summed E-state index contributed by atoms with van der Waals surface area (Å²) in [6.07, 6.45) is 21.5. The van der Waals surface area contributed by atoms with Gasteiger partial charge in [-0.2, -0.15) is 0 Å². The second-order valence-corrected chi connectivity index (χ2v) is 31.4. The van der Waals surface area contributed by atoms with Gasteiger partial charge >= 0.3 is 0 Å². The van der Waals surface area contributed by atoms with Gasteiger partial charge in [0.2, 0.25) is 59.1 Å². The minimum absolute atomic E-state index is 0.0174. The average molecular weight is 1420 g/mol. The molecule has 0 radical (unpaired) electrons. The van der Waals surface area contributed by atoms with E-state index in [2.05, 4.69) is 42.5 Å². The number of carbonyl (C=O) groups excluding carboxylic acids is 10. The van der Waals surface area contributed by atoms with Crippen molar-refractivity contribution in [1.82, 2.24) is 52.3 Å². The van der Waals surface area contributed by atoms with E-state index in [1.807, 2.05) is 20.8 Å². The molecule has 7 fully saturated rings. The number of nitrogens with two attached hydrogens (primary N) is 2. The van der Waals surface area contributed by atoms with Crippen LogP contribution in [-0.4, -0.2) is 206 Å². The minimum Gasteiger partial charge on any atom is -0.391 e. The van der Waals surface area contributed by atoms with Crippen molar-refractivity contribution in [2.45, 2.75) is 325 Å².